The summed E-state index contributed by atoms with van der Waals surface area (Å²) in [6.07, 6.45) is 0. The number of thioether (sulfide) groups is 1. The molecule has 0 aliphatic rings. The first-order chi connectivity index (χ1) is 12.9. The standard InChI is InChI=1S/C16H9F7N2O2S/c1-25(11-5-10(20)12(6-9(11)19)28-16(21,22)23)15(27)24-14(26)13-7(17)3-2-4-8(13)18/h2-6H,1H3,(H,24,26,27). The molecule has 2 aromatic carbocycles. The van der Waals surface area contributed by atoms with Gasteiger partial charge in [-0.1, -0.05) is 6.07 Å². The number of rotatable bonds is 3. The van der Waals surface area contributed by atoms with Crippen molar-refractivity contribution in [1.29, 1.82) is 0 Å². The van der Waals surface area contributed by atoms with Crippen molar-refractivity contribution >= 4 is 29.4 Å². The number of amides is 3. The van der Waals surface area contributed by atoms with Crippen molar-refractivity contribution < 1.29 is 40.3 Å². The van der Waals surface area contributed by atoms with Gasteiger partial charge in [0, 0.05) is 13.1 Å². The minimum Gasteiger partial charge on any atom is -0.294 e. The molecular weight excluding hydrogens is 417 g/mol. The zero-order valence-corrected chi connectivity index (χ0v) is 14.5. The Balaban J connectivity index is 2.23. The number of hydrogen-bond acceptors (Lipinski definition) is 3. The summed E-state index contributed by atoms with van der Waals surface area (Å²) in [6.45, 7) is 0. The number of halogens is 7. The second-order valence-electron chi connectivity index (χ2n) is 5.20. The van der Waals surface area contributed by atoms with Crippen LogP contribution in [0.4, 0.5) is 41.2 Å². The summed E-state index contributed by atoms with van der Waals surface area (Å²) in [4.78, 5) is 23.2. The molecule has 0 saturated heterocycles. The van der Waals surface area contributed by atoms with Gasteiger partial charge in [0.2, 0.25) is 0 Å². The van der Waals surface area contributed by atoms with E-state index in [1.807, 2.05) is 0 Å². The van der Waals surface area contributed by atoms with E-state index in [-0.39, 0.29) is 6.07 Å². The molecule has 2 rings (SSSR count). The highest BCUT2D eigenvalue weighted by Crippen LogP contribution is 2.39. The molecule has 4 nitrogen and oxygen atoms in total. The third kappa shape index (κ3) is 4.94. The molecule has 0 spiro atoms. The van der Waals surface area contributed by atoms with Crippen molar-refractivity contribution in [2.45, 2.75) is 10.4 Å². The Labute approximate surface area is 157 Å². The van der Waals surface area contributed by atoms with Gasteiger partial charge in [-0.05, 0) is 30.0 Å². The van der Waals surface area contributed by atoms with Gasteiger partial charge in [-0.3, -0.25) is 15.0 Å². The quantitative estimate of drug-likeness (QED) is 0.565. The lowest BCUT2D eigenvalue weighted by Gasteiger charge is -2.19. The highest BCUT2D eigenvalue weighted by molar-refractivity contribution is 8.00. The predicted molar refractivity (Wildman–Crippen MR) is 85.9 cm³/mol. The van der Waals surface area contributed by atoms with E-state index in [0.29, 0.717) is 11.0 Å². The van der Waals surface area contributed by atoms with Gasteiger partial charge in [-0.2, -0.15) is 13.2 Å². The fourth-order valence-electron chi connectivity index (χ4n) is 2.05. The number of nitrogens with zero attached hydrogens (tertiary/aromatic N) is 1. The van der Waals surface area contributed by atoms with Crippen molar-refractivity contribution in [3.8, 4) is 0 Å². The topological polar surface area (TPSA) is 49.4 Å². The predicted octanol–water partition coefficient (Wildman–Crippen LogP) is 4.84. The molecule has 1 N–H and O–H groups in total. The highest BCUT2D eigenvalue weighted by atomic mass is 32.2. The largest absolute Gasteiger partial charge is 0.446 e. The van der Waals surface area contributed by atoms with Crippen LogP contribution in [-0.2, 0) is 0 Å². The maximum Gasteiger partial charge on any atom is 0.446 e. The van der Waals surface area contributed by atoms with Gasteiger partial charge in [-0.25, -0.2) is 22.4 Å². The van der Waals surface area contributed by atoms with E-state index >= 15 is 0 Å². The number of urea groups is 1. The van der Waals surface area contributed by atoms with Gasteiger partial charge in [0.25, 0.3) is 5.91 Å². The Hall–Kier alpha value is -2.76. The van der Waals surface area contributed by atoms with Gasteiger partial charge in [0.1, 0.15) is 28.8 Å². The zero-order valence-electron chi connectivity index (χ0n) is 13.7. The molecule has 12 heteroatoms. The van der Waals surface area contributed by atoms with E-state index in [1.54, 1.807) is 5.32 Å². The fourth-order valence-corrected chi connectivity index (χ4v) is 2.61. The molecule has 0 aliphatic carbocycles. The lowest BCUT2D eigenvalue weighted by molar-refractivity contribution is -0.0329. The molecule has 0 aromatic heterocycles. The summed E-state index contributed by atoms with van der Waals surface area (Å²) < 4.78 is 91.9. The Morgan fingerprint density at radius 2 is 1.54 bits per heavy atom. The smallest absolute Gasteiger partial charge is 0.294 e. The molecule has 150 valence electrons. The van der Waals surface area contributed by atoms with Crippen molar-refractivity contribution in [3.05, 3.63) is 59.2 Å². The SMILES string of the molecule is CN(C(=O)NC(=O)c1c(F)cccc1F)c1cc(F)c(SC(F)(F)F)cc1F. The van der Waals surface area contributed by atoms with Crippen LogP contribution in [0.25, 0.3) is 0 Å². The van der Waals surface area contributed by atoms with E-state index < -0.39 is 68.6 Å². The summed E-state index contributed by atoms with van der Waals surface area (Å²) in [5, 5.41) is 1.57. The van der Waals surface area contributed by atoms with Gasteiger partial charge in [0.05, 0.1) is 10.6 Å². The molecule has 3 amide bonds. The molecule has 0 atom stereocenters. The number of carbonyl (C=O) groups excluding carboxylic acids is 2. The molecule has 0 heterocycles. The first-order valence-corrected chi connectivity index (χ1v) is 8.00. The number of benzene rings is 2. The van der Waals surface area contributed by atoms with E-state index in [1.165, 1.54) is 0 Å². The lowest BCUT2D eigenvalue weighted by Crippen LogP contribution is -2.41. The van der Waals surface area contributed by atoms with Gasteiger partial charge in [0.15, 0.2) is 0 Å². The van der Waals surface area contributed by atoms with Crippen LogP contribution in [0.5, 0.6) is 0 Å². The molecule has 0 fully saturated rings. The molecular formula is C16H9F7N2O2S. The Morgan fingerprint density at radius 3 is 2.07 bits per heavy atom. The second-order valence-corrected chi connectivity index (χ2v) is 6.30. The van der Waals surface area contributed by atoms with Crippen LogP contribution >= 0.6 is 11.8 Å². The Morgan fingerprint density at radius 1 is 0.964 bits per heavy atom. The van der Waals surface area contributed by atoms with Gasteiger partial charge < -0.3 is 0 Å². The van der Waals surface area contributed by atoms with E-state index in [9.17, 15) is 40.3 Å². The maximum atomic E-state index is 14.0. The maximum absolute atomic E-state index is 14.0. The van der Waals surface area contributed by atoms with Crippen LogP contribution in [-0.4, -0.2) is 24.5 Å². The van der Waals surface area contributed by atoms with Crippen molar-refractivity contribution in [2.24, 2.45) is 0 Å². The first-order valence-electron chi connectivity index (χ1n) is 7.18. The molecule has 0 bridgehead atoms. The molecule has 2 aromatic rings. The van der Waals surface area contributed by atoms with Crippen LogP contribution in [0, 0.1) is 23.3 Å². The Bertz CT molecular complexity index is 914. The molecule has 0 aliphatic heterocycles. The third-order valence-electron chi connectivity index (χ3n) is 3.30. The average molecular weight is 426 g/mol. The van der Waals surface area contributed by atoms with E-state index in [2.05, 4.69) is 0 Å². The lowest BCUT2D eigenvalue weighted by atomic mass is 10.2. The molecule has 0 radical (unpaired) electrons. The minimum absolute atomic E-state index is 0.227. The minimum atomic E-state index is -4.87. The zero-order chi connectivity index (χ0) is 21.2. The number of imide groups is 1. The Kier molecular flexibility index (Phi) is 6.22. The van der Waals surface area contributed by atoms with E-state index in [0.717, 1.165) is 25.2 Å². The van der Waals surface area contributed by atoms with Crippen molar-refractivity contribution in [2.75, 3.05) is 11.9 Å². The average Bonchev–Trinajstić information content (AvgIpc) is 2.55. The summed E-state index contributed by atoms with van der Waals surface area (Å²) in [7, 11) is 0.870. The number of carbonyl (C=O) groups is 2. The van der Waals surface area contributed by atoms with Crippen LogP contribution in [0.2, 0.25) is 0 Å². The number of anilines is 1. The van der Waals surface area contributed by atoms with Crippen LogP contribution in [0.3, 0.4) is 0 Å². The number of nitrogens with one attached hydrogen (secondary N) is 1. The highest BCUT2D eigenvalue weighted by Gasteiger charge is 2.32. The molecule has 28 heavy (non-hydrogen) atoms. The summed E-state index contributed by atoms with van der Waals surface area (Å²) in [5.41, 5.74) is -6.75. The fraction of sp³-hybridized carbons (Fsp3) is 0.125. The molecule has 0 saturated carbocycles. The third-order valence-corrected chi connectivity index (χ3v) is 4.07. The van der Waals surface area contributed by atoms with Crippen LogP contribution in [0.1, 0.15) is 10.4 Å². The monoisotopic (exact) mass is 426 g/mol. The van der Waals surface area contributed by atoms with E-state index in [4.69, 9.17) is 0 Å². The summed E-state index contributed by atoms with van der Waals surface area (Å²) in [5.74, 6) is -6.88. The summed E-state index contributed by atoms with van der Waals surface area (Å²) >= 11 is -0.890. The van der Waals surface area contributed by atoms with Gasteiger partial charge >= 0.3 is 11.5 Å². The summed E-state index contributed by atoms with van der Waals surface area (Å²) in [6, 6.07) is 1.65. The first kappa shape index (κ1) is 21.5. The normalized spacial score (nSPS) is 11.3. The van der Waals surface area contributed by atoms with Crippen molar-refractivity contribution in [1.82, 2.24) is 5.32 Å². The van der Waals surface area contributed by atoms with Gasteiger partial charge in [-0.15, -0.1) is 0 Å². The second kappa shape index (κ2) is 8.09. The number of hydrogen-bond donors (Lipinski definition) is 1. The van der Waals surface area contributed by atoms with Crippen molar-refractivity contribution in [3.63, 3.8) is 0 Å². The number of alkyl halides is 3. The molecule has 0 unspecified atom stereocenters. The van der Waals surface area contributed by atoms with Crippen LogP contribution in [0.15, 0.2) is 35.2 Å². The van der Waals surface area contributed by atoms with Crippen LogP contribution < -0.4 is 10.2 Å².